The number of methoxy groups -OCH3 is 1. The molecule has 0 heterocycles. The van der Waals surface area contributed by atoms with E-state index in [-0.39, 0.29) is 49.8 Å². The van der Waals surface area contributed by atoms with Crippen LogP contribution in [0.5, 0.6) is 0 Å². The molecule has 8 heteroatoms. The number of esters is 1. The molecule has 0 aromatic heterocycles. The summed E-state index contributed by atoms with van der Waals surface area (Å²) in [5.74, 6) is -1.97. The zero-order chi connectivity index (χ0) is 22.3. The third-order valence-corrected chi connectivity index (χ3v) is 5.32. The first-order chi connectivity index (χ1) is 14.8. The molecule has 1 aliphatic carbocycles. The Morgan fingerprint density at radius 3 is 2.03 bits per heavy atom. The highest BCUT2D eigenvalue weighted by molar-refractivity contribution is 6.38. The van der Waals surface area contributed by atoms with E-state index in [0.717, 1.165) is 0 Å². The van der Waals surface area contributed by atoms with Crippen molar-refractivity contribution in [1.82, 2.24) is 0 Å². The number of ether oxygens (including phenoxy) is 1. The van der Waals surface area contributed by atoms with Gasteiger partial charge in [-0.15, -0.1) is 0 Å². The second kappa shape index (κ2) is 7.70. The molecule has 0 saturated carbocycles. The summed E-state index contributed by atoms with van der Waals surface area (Å²) in [5.41, 5.74) is 6.98. The van der Waals surface area contributed by atoms with Crippen LogP contribution in [0.2, 0.25) is 5.02 Å². The van der Waals surface area contributed by atoms with Crippen molar-refractivity contribution in [3.05, 3.63) is 93.0 Å². The number of ketones is 2. The normalized spacial score (nSPS) is 12.1. The summed E-state index contributed by atoms with van der Waals surface area (Å²) in [6.07, 6.45) is 0. The van der Waals surface area contributed by atoms with Gasteiger partial charge in [0.1, 0.15) is 0 Å². The van der Waals surface area contributed by atoms with Crippen molar-refractivity contribution >= 4 is 46.4 Å². The Hall–Kier alpha value is -3.97. The number of nitrogens with two attached hydrogens (primary N) is 1. The molecule has 3 aromatic carbocycles. The monoisotopic (exact) mass is 434 g/mol. The fourth-order valence-corrected chi connectivity index (χ4v) is 3.66. The first-order valence-electron chi connectivity index (χ1n) is 9.13. The molecular formula is C23H15ClN2O5. The Balaban J connectivity index is 1.76. The Morgan fingerprint density at radius 2 is 1.45 bits per heavy atom. The Bertz CT molecular complexity index is 1280. The van der Waals surface area contributed by atoms with Crippen LogP contribution in [0.4, 0.5) is 11.4 Å². The van der Waals surface area contributed by atoms with Crippen molar-refractivity contribution in [3.8, 4) is 0 Å². The average molecular weight is 435 g/mol. The van der Waals surface area contributed by atoms with E-state index < -0.39 is 23.4 Å². The predicted molar refractivity (Wildman–Crippen MR) is 115 cm³/mol. The molecule has 0 fully saturated rings. The van der Waals surface area contributed by atoms with E-state index in [9.17, 15) is 19.2 Å². The number of anilines is 2. The Labute approximate surface area is 181 Å². The van der Waals surface area contributed by atoms with Gasteiger partial charge in [0.25, 0.3) is 5.91 Å². The number of fused-ring (bicyclic) bond motifs is 2. The van der Waals surface area contributed by atoms with E-state index in [1.807, 2.05) is 0 Å². The van der Waals surface area contributed by atoms with Gasteiger partial charge in [0, 0.05) is 16.7 Å². The van der Waals surface area contributed by atoms with Crippen LogP contribution in [-0.4, -0.2) is 30.6 Å². The highest BCUT2D eigenvalue weighted by atomic mass is 35.5. The van der Waals surface area contributed by atoms with Crippen LogP contribution in [0.1, 0.15) is 52.6 Å². The quantitative estimate of drug-likeness (QED) is 0.375. The van der Waals surface area contributed by atoms with Gasteiger partial charge >= 0.3 is 5.97 Å². The van der Waals surface area contributed by atoms with E-state index in [1.165, 1.54) is 37.4 Å². The van der Waals surface area contributed by atoms with Gasteiger partial charge in [-0.2, -0.15) is 0 Å². The number of rotatable bonds is 3. The minimum atomic E-state index is -0.557. The van der Waals surface area contributed by atoms with Gasteiger partial charge in [0.15, 0.2) is 11.6 Å². The lowest BCUT2D eigenvalue weighted by Gasteiger charge is -2.22. The number of carbonyl (C=O) groups is 4. The zero-order valence-electron chi connectivity index (χ0n) is 16.2. The molecule has 0 bridgehead atoms. The van der Waals surface area contributed by atoms with E-state index in [4.69, 9.17) is 17.3 Å². The van der Waals surface area contributed by atoms with Crippen molar-refractivity contribution in [2.45, 2.75) is 0 Å². The van der Waals surface area contributed by atoms with Gasteiger partial charge in [-0.1, -0.05) is 35.9 Å². The molecule has 7 nitrogen and oxygen atoms in total. The first kappa shape index (κ1) is 20.3. The van der Waals surface area contributed by atoms with Crippen LogP contribution in [-0.2, 0) is 4.74 Å². The summed E-state index contributed by atoms with van der Waals surface area (Å²) in [6, 6.07) is 13.5. The maximum Gasteiger partial charge on any atom is 0.337 e. The minimum absolute atomic E-state index is 0.00914. The lowest BCUT2D eigenvalue weighted by Crippen LogP contribution is -2.25. The van der Waals surface area contributed by atoms with Crippen LogP contribution in [0, 0.1) is 0 Å². The number of hydrogen-bond donors (Lipinski definition) is 2. The minimum Gasteiger partial charge on any atom is -0.465 e. The molecule has 0 unspecified atom stereocenters. The number of halogens is 1. The molecule has 4 rings (SSSR count). The highest BCUT2D eigenvalue weighted by Gasteiger charge is 2.34. The number of carbonyl (C=O) groups excluding carboxylic acids is 4. The van der Waals surface area contributed by atoms with Crippen molar-refractivity contribution in [3.63, 3.8) is 0 Å². The number of hydrogen-bond acceptors (Lipinski definition) is 6. The molecule has 0 saturated heterocycles. The summed E-state index contributed by atoms with van der Waals surface area (Å²) in [7, 11) is 1.26. The summed E-state index contributed by atoms with van der Waals surface area (Å²) >= 11 is 6.20. The fourth-order valence-electron chi connectivity index (χ4n) is 3.45. The molecule has 0 radical (unpaired) electrons. The van der Waals surface area contributed by atoms with Gasteiger partial charge < -0.3 is 15.8 Å². The molecular weight excluding hydrogens is 420 g/mol. The van der Waals surface area contributed by atoms with Crippen LogP contribution in [0.15, 0.2) is 54.6 Å². The van der Waals surface area contributed by atoms with Crippen molar-refractivity contribution < 1.29 is 23.9 Å². The SMILES string of the molecule is COC(=O)c1ccc(C(=O)Nc2cc(Cl)c(N)c3c2C(=O)c2ccccc2C3=O)cc1. The maximum absolute atomic E-state index is 13.2. The van der Waals surface area contributed by atoms with Gasteiger partial charge in [0.2, 0.25) is 0 Å². The third kappa shape index (κ3) is 3.35. The summed E-state index contributed by atoms with van der Waals surface area (Å²) in [4.78, 5) is 50.5. The number of nitrogens with one attached hydrogen (secondary N) is 1. The fraction of sp³-hybridized carbons (Fsp3) is 0.0435. The lowest BCUT2D eigenvalue weighted by molar-refractivity contribution is 0.0600. The molecule has 31 heavy (non-hydrogen) atoms. The molecule has 3 aromatic rings. The molecule has 1 amide bonds. The third-order valence-electron chi connectivity index (χ3n) is 5.00. The topological polar surface area (TPSA) is 116 Å². The second-order valence-electron chi connectivity index (χ2n) is 6.80. The van der Waals surface area contributed by atoms with Crippen molar-refractivity contribution in [2.75, 3.05) is 18.2 Å². The average Bonchev–Trinajstić information content (AvgIpc) is 2.79. The number of amides is 1. The second-order valence-corrected chi connectivity index (χ2v) is 7.20. The predicted octanol–water partition coefficient (Wildman–Crippen LogP) is 3.74. The largest absolute Gasteiger partial charge is 0.465 e. The lowest BCUT2D eigenvalue weighted by atomic mass is 9.82. The smallest absolute Gasteiger partial charge is 0.337 e. The highest BCUT2D eigenvalue weighted by Crippen LogP contribution is 2.39. The number of nitrogen functional groups attached to an aromatic ring is 1. The van der Waals surface area contributed by atoms with Gasteiger partial charge in [-0.25, -0.2) is 4.79 Å². The first-order valence-corrected chi connectivity index (χ1v) is 9.51. The zero-order valence-corrected chi connectivity index (χ0v) is 16.9. The maximum atomic E-state index is 13.2. The molecule has 0 aliphatic heterocycles. The van der Waals surface area contributed by atoms with E-state index in [0.29, 0.717) is 0 Å². The molecule has 0 spiro atoms. The summed E-state index contributed by atoms with van der Waals surface area (Å²) in [5, 5.41) is 2.67. The van der Waals surface area contributed by atoms with E-state index in [1.54, 1.807) is 24.3 Å². The van der Waals surface area contributed by atoms with Crippen LogP contribution >= 0.6 is 11.6 Å². The van der Waals surface area contributed by atoms with Crippen LogP contribution in [0.25, 0.3) is 0 Å². The van der Waals surface area contributed by atoms with Gasteiger partial charge in [-0.3, -0.25) is 14.4 Å². The van der Waals surface area contributed by atoms with Crippen LogP contribution in [0.3, 0.4) is 0 Å². The van der Waals surface area contributed by atoms with Gasteiger partial charge in [-0.05, 0) is 30.3 Å². The van der Waals surface area contributed by atoms with Gasteiger partial charge in [0.05, 0.1) is 40.2 Å². The van der Waals surface area contributed by atoms with Crippen molar-refractivity contribution in [2.24, 2.45) is 0 Å². The molecule has 3 N–H and O–H groups in total. The van der Waals surface area contributed by atoms with E-state index >= 15 is 0 Å². The van der Waals surface area contributed by atoms with Crippen molar-refractivity contribution in [1.29, 1.82) is 0 Å². The van der Waals surface area contributed by atoms with E-state index in [2.05, 4.69) is 10.1 Å². The Kier molecular flexibility index (Phi) is 5.04. The Morgan fingerprint density at radius 1 is 0.903 bits per heavy atom. The summed E-state index contributed by atoms with van der Waals surface area (Å²) < 4.78 is 4.63. The summed E-state index contributed by atoms with van der Waals surface area (Å²) in [6.45, 7) is 0. The van der Waals surface area contributed by atoms with Crippen LogP contribution < -0.4 is 11.1 Å². The number of benzene rings is 3. The molecule has 1 aliphatic rings. The molecule has 154 valence electrons. The standard InChI is InChI=1S/C23H15ClN2O5/c1-31-23(30)12-8-6-11(7-9-12)22(29)26-16-10-15(24)19(25)18-17(16)20(27)13-4-2-3-5-14(13)21(18)28/h2-10H,25H2,1H3,(H,26,29). The molecule has 0 atom stereocenters.